The van der Waals surface area contributed by atoms with Crippen molar-refractivity contribution in [2.45, 2.75) is 38.1 Å². The quantitative estimate of drug-likeness (QED) is 0.514. The highest BCUT2D eigenvalue weighted by Gasteiger charge is 2.21. The van der Waals surface area contributed by atoms with Crippen LogP contribution in [0.3, 0.4) is 0 Å². The molecule has 25 heavy (non-hydrogen) atoms. The zero-order valence-electron chi connectivity index (χ0n) is 14.7. The van der Waals surface area contributed by atoms with Crippen molar-refractivity contribution in [2.75, 3.05) is 0 Å². The van der Waals surface area contributed by atoms with Crippen LogP contribution in [0.15, 0.2) is 47.6 Å². The largest absolute Gasteiger partial charge is 0.293 e. The van der Waals surface area contributed by atoms with Crippen molar-refractivity contribution in [2.24, 2.45) is 0 Å². The van der Waals surface area contributed by atoms with Crippen molar-refractivity contribution in [1.82, 2.24) is 20.2 Å². The van der Waals surface area contributed by atoms with Gasteiger partial charge in [0.2, 0.25) is 5.16 Å². The van der Waals surface area contributed by atoms with Gasteiger partial charge in [0.15, 0.2) is 5.78 Å². The molecule has 0 bridgehead atoms. The lowest BCUT2D eigenvalue weighted by Gasteiger charge is -2.12. The van der Waals surface area contributed by atoms with E-state index in [1.54, 1.807) is 4.68 Å². The molecule has 128 valence electrons. The second-order valence-corrected chi connectivity index (χ2v) is 7.46. The van der Waals surface area contributed by atoms with Crippen LogP contribution >= 0.6 is 11.8 Å². The minimum Gasteiger partial charge on any atom is -0.293 e. The molecule has 0 aliphatic rings. The number of nitrogens with zero attached hydrogens (tertiary/aromatic N) is 4. The number of tetrazole rings is 1. The SMILES string of the molecule is Cc1ccc(C(=O)[C@@H](C)Sc2nnnn2-c2cc(C)ccc2C)cc1. The maximum absolute atomic E-state index is 12.7. The third-order valence-electron chi connectivity index (χ3n) is 4.02. The molecular formula is C19H20N4OS. The second kappa shape index (κ2) is 7.19. The van der Waals surface area contributed by atoms with Gasteiger partial charge in [0.05, 0.1) is 10.9 Å². The fourth-order valence-corrected chi connectivity index (χ4v) is 3.39. The normalized spacial score (nSPS) is 12.2. The van der Waals surface area contributed by atoms with Gasteiger partial charge in [0.25, 0.3) is 0 Å². The Balaban J connectivity index is 1.84. The van der Waals surface area contributed by atoms with Crippen LogP contribution in [0.5, 0.6) is 0 Å². The Bertz CT molecular complexity index is 902. The molecule has 0 spiro atoms. The molecule has 6 heteroatoms. The number of aromatic nitrogens is 4. The van der Waals surface area contributed by atoms with Crippen LogP contribution in [-0.4, -0.2) is 31.2 Å². The van der Waals surface area contributed by atoms with E-state index in [-0.39, 0.29) is 11.0 Å². The van der Waals surface area contributed by atoms with E-state index in [9.17, 15) is 4.79 Å². The number of thioether (sulfide) groups is 1. The Hall–Kier alpha value is -2.47. The molecule has 0 aliphatic heterocycles. The van der Waals surface area contributed by atoms with Gasteiger partial charge in [-0.05, 0) is 55.3 Å². The predicted molar refractivity (Wildman–Crippen MR) is 99.5 cm³/mol. The van der Waals surface area contributed by atoms with Crippen molar-refractivity contribution < 1.29 is 4.79 Å². The Morgan fingerprint density at radius 2 is 1.72 bits per heavy atom. The summed E-state index contributed by atoms with van der Waals surface area (Å²) in [7, 11) is 0. The Kier molecular flexibility index (Phi) is 4.99. The monoisotopic (exact) mass is 352 g/mol. The highest BCUT2D eigenvalue weighted by molar-refractivity contribution is 8.00. The summed E-state index contributed by atoms with van der Waals surface area (Å²) in [5.41, 5.74) is 4.99. The summed E-state index contributed by atoms with van der Waals surface area (Å²) in [6.07, 6.45) is 0. The zero-order valence-corrected chi connectivity index (χ0v) is 15.5. The molecule has 1 aromatic heterocycles. The van der Waals surface area contributed by atoms with Gasteiger partial charge in [0.1, 0.15) is 0 Å². The number of rotatable bonds is 5. The van der Waals surface area contributed by atoms with E-state index < -0.39 is 0 Å². The Labute approximate surface area is 151 Å². The van der Waals surface area contributed by atoms with Crippen molar-refractivity contribution in [1.29, 1.82) is 0 Å². The number of Topliss-reactive ketones (excluding diaryl/α,β-unsaturated/α-hetero) is 1. The number of hydrogen-bond acceptors (Lipinski definition) is 5. The molecule has 0 radical (unpaired) electrons. The molecule has 0 amide bonds. The summed E-state index contributed by atoms with van der Waals surface area (Å²) < 4.78 is 1.70. The first-order valence-electron chi connectivity index (χ1n) is 8.09. The summed E-state index contributed by atoms with van der Waals surface area (Å²) in [5.74, 6) is 0.0699. The zero-order chi connectivity index (χ0) is 18.0. The molecule has 1 atom stereocenters. The van der Waals surface area contributed by atoms with Crippen LogP contribution in [0.4, 0.5) is 0 Å². The predicted octanol–water partition coefficient (Wildman–Crippen LogP) is 3.95. The third kappa shape index (κ3) is 3.79. The lowest BCUT2D eigenvalue weighted by molar-refractivity contribution is 0.0994. The van der Waals surface area contributed by atoms with Crippen LogP contribution in [0.1, 0.15) is 34.0 Å². The van der Waals surface area contributed by atoms with E-state index in [4.69, 9.17) is 0 Å². The van der Waals surface area contributed by atoms with Crippen molar-refractivity contribution in [3.8, 4) is 5.69 Å². The molecule has 3 rings (SSSR count). The summed E-state index contributed by atoms with van der Waals surface area (Å²) in [4.78, 5) is 12.7. The number of carbonyl (C=O) groups excluding carboxylic acids is 1. The molecule has 5 nitrogen and oxygen atoms in total. The van der Waals surface area contributed by atoms with Crippen LogP contribution < -0.4 is 0 Å². The minimum absolute atomic E-state index is 0.0699. The summed E-state index contributed by atoms with van der Waals surface area (Å²) in [5, 5.41) is 12.3. The Morgan fingerprint density at radius 1 is 1.04 bits per heavy atom. The van der Waals surface area contributed by atoms with E-state index in [0.29, 0.717) is 10.7 Å². The average molecular weight is 352 g/mol. The van der Waals surface area contributed by atoms with Gasteiger partial charge in [0, 0.05) is 5.56 Å². The standard InChI is InChI=1S/C19H20N4OS/c1-12-6-9-16(10-7-12)18(24)15(4)25-19-20-21-22-23(19)17-11-13(2)5-8-14(17)3/h5-11,15H,1-4H3/t15-/m1/s1. The van der Waals surface area contributed by atoms with Crippen LogP contribution in [0.25, 0.3) is 5.69 Å². The number of ketones is 1. The van der Waals surface area contributed by atoms with Gasteiger partial charge >= 0.3 is 0 Å². The molecule has 0 N–H and O–H groups in total. The molecule has 0 saturated heterocycles. The summed E-state index contributed by atoms with van der Waals surface area (Å²) >= 11 is 1.37. The van der Waals surface area contributed by atoms with Gasteiger partial charge in [-0.15, -0.1) is 5.10 Å². The highest BCUT2D eigenvalue weighted by Crippen LogP contribution is 2.26. The molecule has 1 heterocycles. The molecule has 0 unspecified atom stereocenters. The molecule has 2 aromatic carbocycles. The van der Waals surface area contributed by atoms with E-state index in [1.807, 2.05) is 64.1 Å². The summed E-state index contributed by atoms with van der Waals surface area (Å²) in [6, 6.07) is 13.8. The molecule has 0 saturated carbocycles. The van der Waals surface area contributed by atoms with Crippen molar-refractivity contribution >= 4 is 17.5 Å². The molecular weight excluding hydrogens is 332 g/mol. The van der Waals surface area contributed by atoms with Crippen LogP contribution in [-0.2, 0) is 0 Å². The van der Waals surface area contributed by atoms with Crippen LogP contribution in [0, 0.1) is 20.8 Å². The maximum atomic E-state index is 12.7. The van der Waals surface area contributed by atoms with E-state index in [1.165, 1.54) is 11.8 Å². The smallest absolute Gasteiger partial charge is 0.214 e. The second-order valence-electron chi connectivity index (χ2n) is 6.15. The molecule has 3 aromatic rings. The van der Waals surface area contributed by atoms with Gasteiger partial charge < -0.3 is 0 Å². The van der Waals surface area contributed by atoms with E-state index in [2.05, 4.69) is 21.6 Å². The van der Waals surface area contributed by atoms with E-state index in [0.717, 1.165) is 22.4 Å². The fourth-order valence-electron chi connectivity index (χ4n) is 2.52. The molecule has 0 fully saturated rings. The first-order valence-corrected chi connectivity index (χ1v) is 8.97. The van der Waals surface area contributed by atoms with Crippen molar-refractivity contribution in [3.63, 3.8) is 0 Å². The van der Waals surface area contributed by atoms with Crippen LogP contribution in [0.2, 0.25) is 0 Å². The molecule has 0 aliphatic carbocycles. The maximum Gasteiger partial charge on any atom is 0.214 e. The lowest BCUT2D eigenvalue weighted by Crippen LogP contribution is -2.15. The van der Waals surface area contributed by atoms with Crippen molar-refractivity contribution in [3.05, 3.63) is 64.7 Å². The van der Waals surface area contributed by atoms with Gasteiger partial charge in [-0.25, -0.2) is 0 Å². The number of carbonyl (C=O) groups is 1. The number of benzene rings is 2. The Morgan fingerprint density at radius 3 is 2.44 bits per heavy atom. The summed E-state index contributed by atoms with van der Waals surface area (Å²) in [6.45, 7) is 7.94. The number of aryl methyl sites for hydroxylation is 3. The number of hydrogen-bond donors (Lipinski definition) is 0. The lowest BCUT2D eigenvalue weighted by atomic mass is 10.1. The fraction of sp³-hybridized carbons (Fsp3) is 0.263. The van der Waals surface area contributed by atoms with E-state index >= 15 is 0 Å². The minimum atomic E-state index is -0.280. The topological polar surface area (TPSA) is 60.7 Å². The van der Waals surface area contributed by atoms with Gasteiger partial charge in [-0.3, -0.25) is 4.79 Å². The van der Waals surface area contributed by atoms with Gasteiger partial charge in [-0.1, -0.05) is 53.7 Å². The van der Waals surface area contributed by atoms with Gasteiger partial charge in [-0.2, -0.15) is 4.68 Å². The first-order chi connectivity index (χ1) is 12.0. The first kappa shape index (κ1) is 17.4. The third-order valence-corrected chi connectivity index (χ3v) is 5.05. The highest BCUT2D eigenvalue weighted by atomic mass is 32.2. The average Bonchev–Trinajstić information content (AvgIpc) is 3.05.